The van der Waals surface area contributed by atoms with Crippen molar-refractivity contribution < 1.29 is 9.13 Å². The molecular formula is C12H15BrFNO. The number of halogens is 2. The molecular weight excluding hydrogens is 273 g/mol. The highest BCUT2D eigenvalue weighted by Gasteiger charge is 2.19. The van der Waals surface area contributed by atoms with Crippen molar-refractivity contribution in [3.63, 3.8) is 0 Å². The van der Waals surface area contributed by atoms with Crippen molar-refractivity contribution >= 4 is 15.9 Å². The Bertz CT molecular complexity index is 364. The minimum atomic E-state index is -0.298. The predicted octanol–water partition coefficient (Wildman–Crippen LogP) is 3.06. The number of benzene rings is 1. The SMILES string of the molecule is CN1CCC(Oc2ccc(Br)cc2F)CC1. The summed E-state index contributed by atoms with van der Waals surface area (Å²) in [6.07, 6.45) is 2.07. The molecule has 4 heteroatoms. The zero-order valence-corrected chi connectivity index (χ0v) is 10.8. The largest absolute Gasteiger partial charge is 0.487 e. The van der Waals surface area contributed by atoms with Gasteiger partial charge >= 0.3 is 0 Å². The smallest absolute Gasteiger partial charge is 0.166 e. The molecule has 1 aliphatic heterocycles. The van der Waals surface area contributed by atoms with Crippen molar-refractivity contribution in [3.8, 4) is 5.75 Å². The topological polar surface area (TPSA) is 12.5 Å². The molecule has 1 aliphatic rings. The number of ether oxygens (including phenoxy) is 1. The molecule has 0 spiro atoms. The van der Waals surface area contributed by atoms with Crippen LogP contribution >= 0.6 is 15.9 Å². The fourth-order valence-electron chi connectivity index (χ4n) is 1.85. The van der Waals surface area contributed by atoms with E-state index in [1.807, 2.05) is 0 Å². The Kier molecular flexibility index (Phi) is 3.82. The first-order valence-corrected chi connectivity index (χ1v) is 6.24. The van der Waals surface area contributed by atoms with Crippen LogP contribution in [0.15, 0.2) is 22.7 Å². The molecule has 16 heavy (non-hydrogen) atoms. The Morgan fingerprint density at radius 2 is 2.06 bits per heavy atom. The van der Waals surface area contributed by atoms with E-state index in [0.29, 0.717) is 5.75 Å². The zero-order valence-electron chi connectivity index (χ0n) is 9.25. The van der Waals surface area contributed by atoms with Gasteiger partial charge in [0.25, 0.3) is 0 Å². The summed E-state index contributed by atoms with van der Waals surface area (Å²) in [7, 11) is 2.09. The van der Waals surface area contributed by atoms with Crippen LogP contribution in [0.4, 0.5) is 4.39 Å². The molecule has 0 radical (unpaired) electrons. The number of hydrogen-bond acceptors (Lipinski definition) is 2. The predicted molar refractivity (Wildman–Crippen MR) is 65.2 cm³/mol. The number of rotatable bonds is 2. The summed E-state index contributed by atoms with van der Waals surface area (Å²) in [6.45, 7) is 2.03. The molecule has 0 amide bonds. The molecule has 1 heterocycles. The van der Waals surface area contributed by atoms with E-state index in [4.69, 9.17) is 4.74 Å². The van der Waals surface area contributed by atoms with Gasteiger partial charge in [0.2, 0.25) is 0 Å². The van der Waals surface area contributed by atoms with Gasteiger partial charge in [-0.05, 0) is 38.1 Å². The Hall–Kier alpha value is -0.610. The van der Waals surface area contributed by atoms with Crippen molar-refractivity contribution in [2.45, 2.75) is 18.9 Å². The lowest BCUT2D eigenvalue weighted by atomic mass is 10.1. The third-order valence-corrected chi connectivity index (χ3v) is 3.35. The second-order valence-corrected chi connectivity index (χ2v) is 5.11. The van der Waals surface area contributed by atoms with E-state index in [1.165, 1.54) is 6.07 Å². The Morgan fingerprint density at radius 3 is 2.69 bits per heavy atom. The molecule has 0 atom stereocenters. The molecule has 2 rings (SSSR count). The fraction of sp³-hybridized carbons (Fsp3) is 0.500. The molecule has 1 aromatic rings. The van der Waals surface area contributed by atoms with Crippen LogP contribution in [0.5, 0.6) is 5.75 Å². The van der Waals surface area contributed by atoms with Gasteiger partial charge in [-0.25, -0.2) is 4.39 Å². The number of hydrogen-bond donors (Lipinski definition) is 0. The highest BCUT2D eigenvalue weighted by Crippen LogP contribution is 2.24. The number of piperidine rings is 1. The van der Waals surface area contributed by atoms with Crippen LogP contribution in [0.2, 0.25) is 0 Å². The maximum absolute atomic E-state index is 13.5. The van der Waals surface area contributed by atoms with Crippen LogP contribution in [0.25, 0.3) is 0 Å². The molecule has 0 aliphatic carbocycles. The number of nitrogens with zero attached hydrogens (tertiary/aromatic N) is 1. The van der Waals surface area contributed by atoms with E-state index in [2.05, 4.69) is 27.9 Å². The van der Waals surface area contributed by atoms with Crippen LogP contribution in [-0.4, -0.2) is 31.1 Å². The van der Waals surface area contributed by atoms with Gasteiger partial charge in [0.15, 0.2) is 11.6 Å². The summed E-state index contributed by atoms with van der Waals surface area (Å²) < 4.78 is 19.9. The normalized spacial score (nSPS) is 18.7. The summed E-state index contributed by atoms with van der Waals surface area (Å²) in [5.74, 6) is 0.0612. The zero-order chi connectivity index (χ0) is 11.5. The van der Waals surface area contributed by atoms with Crippen LogP contribution in [0.3, 0.4) is 0 Å². The monoisotopic (exact) mass is 287 g/mol. The van der Waals surface area contributed by atoms with Crippen LogP contribution in [0.1, 0.15) is 12.8 Å². The third kappa shape index (κ3) is 2.95. The van der Waals surface area contributed by atoms with E-state index >= 15 is 0 Å². The first-order valence-electron chi connectivity index (χ1n) is 5.45. The number of likely N-dealkylation sites (tertiary alicyclic amines) is 1. The molecule has 2 nitrogen and oxygen atoms in total. The molecule has 0 saturated carbocycles. The summed E-state index contributed by atoms with van der Waals surface area (Å²) in [6, 6.07) is 4.91. The molecule has 0 bridgehead atoms. The first-order chi connectivity index (χ1) is 7.65. The molecule has 1 fully saturated rings. The Labute approximate surface area is 104 Å². The molecule has 1 saturated heterocycles. The third-order valence-electron chi connectivity index (χ3n) is 2.85. The van der Waals surface area contributed by atoms with Crippen molar-refractivity contribution in [3.05, 3.63) is 28.5 Å². The quantitative estimate of drug-likeness (QED) is 0.829. The fourth-order valence-corrected chi connectivity index (χ4v) is 2.19. The van der Waals surface area contributed by atoms with Crippen molar-refractivity contribution in [2.24, 2.45) is 0 Å². The van der Waals surface area contributed by atoms with E-state index in [9.17, 15) is 4.39 Å². The minimum absolute atomic E-state index is 0.145. The van der Waals surface area contributed by atoms with Gasteiger partial charge in [-0.3, -0.25) is 0 Å². The average Bonchev–Trinajstić information content (AvgIpc) is 2.25. The van der Waals surface area contributed by atoms with E-state index < -0.39 is 0 Å². The van der Waals surface area contributed by atoms with Gasteiger partial charge in [-0.2, -0.15) is 0 Å². The van der Waals surface area contributed by atoms with Crippen molar-refractivity contribution in [1.82, 2.24) is 4.90 Å². The molecule has 88 valence electrons. The maximum atomic E-state index is 13.5. The van der Waals surface area contributed by atoms with Crippen molar-refractivity contribution in [1.29, 1.82) is 0 Å². The lowest BCUT2D eigenvalue weighted by Crippen LogP contribution is -2.35. The van der Waals surface area contributed by atoms with Gasteiger partial charge in [-0.15, -0.1) is 0 Å². The summed E-state index contributed by atoms with van der Waals surface area (Å²) >= 11 is 3.23. The second kappa shape index (κ2) is 5.15. The van der Waals surface area contributed by atoms with Crippen LogP contribution in [-0.2, 0) is 0 Å². The lowest BCUT2D eigenvalue weighted by Gasteiger charge is -2.29. The first kappa shape index (κ1) is 11.9. The van der Waals surface area contributed by atoms with E-state index in [-0.39, 0.29) is 11.9 Å². The molecule has 1 aromatic carbocycles. The van der Waals surface area contributed by atoms with Gasteiger partial charge in [0, 0.05) is 17.6 Å². The lowest BCUT2D eigenvalue weighted by molar-refractivity contribution is 0.110. The Balaban J connectivity index is 1.98. The van der Waals surface area contributed by atoms with Gasteiger partial charge in [0.05, 0.1) is 0 Å². The average molecular weight is 288 g/mol. The van der Waals surface area contributed by atoms with Crippen LogP contribution in [0, 0.1) is 5.82 Å². The van der Waals surface area contributed by atoms with Crippen molar-refractivity contribution in [2.75, 3.05) is 20.1 Å². The second-order valence-electron chi connectivity index (χ2n) is 4.20. The minimum Gasteiger partial charge on any atom is -0.487 e. The standard InChI is InChI=1S/C12H15BrFNO/c1-15-6-4-10(5-7-15)16-12-3-2-9(13)8-11(12)14/h2-3,8,10H,4-7H2,1H3. The highest BCUT2D eigenvalue weighted by atomic mass is 79.9. The van der Waals surface area contributed by atoms with Gasteiger partial charge in [-0.1, -0.05) is 15.9 Å². The molecule has 0 unspecified atom stereocenters. The summed E-state index contributed by atoms with van der Waals surface area (Å²) in [5, 5.41) is 0. The van der Waals surface area contributed by atoms with Crippen LogP contribution < -0.4 is 4.74 Å². The highest BCUT2D eigenvalue weighted by molar-refractivity contribution is 9.10. The van der Waals surface area contributed by atoms with Gasteiger partial charge in [0.1, 0.15) is 6.10 Å². The molecule has 0 aromatic heterocycles. The Morgan fingerprint density at radius 1 is 1.38 bits per heavy atom. The van der Waals surface area contributed by atoms with Gasteiger partial charge < -0.3 is 9.64 Å². The maximum Gasteiger partial charge on any atom is 0.166 e. The summed E-state index contributed by atoms with van der Waals surface area (Å²) in [4.78, 5) is 2.26. The summed E-state index contributed by atoms with van der Waals surface area (Å²) in [5.41, 5.74) is 0. The molecule has 0 N–H and O–H groups in total. The van der Waals surface area contributed by atoms with E-state index in [1.54, 1.807) is 12.1 Å². The van der Waals surface area contributed by atoms with E-state index in [0.717, 1.165) is 30.4 Å².